The van der Waals surface area contributed by atoms with Crippen LogP contribution in [0.25, 0.3) is 0 Å². The second-order valence-corrected chi connectivity index (χ2v) is 3.20. The molecule has 0 atom stereocenters. The number of rotatable bonds is 0. The maximum absolute atomic E-state index is 5.34. The van der Waals surface area contributed by atoms with Crippen molar-refractivity contribution in [1.82, 2.24) is 5.32 Å². The molecule has 0 bridgehead atoms. The van der Waals surface area contributed by atoms with Crippen LogP contribution < -0.4 is 5.32 Å². The zero-order valence-electron chi connectivity index (χ0n) is 9.61. The summed E-state index contributed by atoms with van der Waals surface area (Å²) in [4.78, 5) is 0. The smallest absolute Gasteiger partial charge is 0.0701 e. The molecule has 1 aliphatic heterocycles. The van der Waals surface area contributed by atoms with Gasteiger partial charge in [-0.3, -0.25) is 0 Å². The number of ether oxygens (including phenoxy) is 4. The fraction of sp³-hybridized carbons (Fsp3) is 1.00. The highest BCUT2D eigenvalue weighted by molar-refractivity contribution is 5.85. The maximum atomic E-state index is 5.34. The van der Waals surface area contributed by atoms with Gasteiger partial charge in [-0.15, -0.1) is 12.4 Å². The van der Waals surface area contributed by atoms with Crippen LogP contribution in [-0.2, 0) is 18.9 Å². The summed E-state index contributed by atoms with van der Waals surface area (Å²) in [6, 6.07) is 0. The van der Waals surface area contributed by atoms with Crippen LogP contribution in [0.1, 0.15) is 0 Å². The summed E-state index contributed by atoms with van der Waals surface area (Å²) in [6.45, 7) is 7.00. The Balaban J connectivity index is 0.00000225. The zero-order valence-corrected chi connectivity index (χ0v) is 10.4. The predicted molar refractivity (Wildman–Crippen MR) is 63.4 cm³/mol. The van der Waals surface area contributed by atoms with Crippen molar-refractivity contribution in [3.8, 4) is 0 Å². The predicted octanol–water partition coefficient (Wildman–Crippen LogP) is 0.0778. The van der Waals surface area contributed by atoms with Gasteiger partial charge in [0.2, 0.25) is 0 Å². The topological polar surface area (TPSA) is 49.0 Å². The molecular weight excluding hydrogens is 234 g/mol. The summed E-state index contributed by atoms with van der Waals surface area (Å²) in [5.41, 5.74) is 0. The van der Waals surface area contributed by atoms with Gasteiger partial charge in [0.1, 0.15) is 0 Å². The number of hydrogen-bond acceptors (Lipinski definition) is 5. The van der Waals surface area contributed by atoms with Crippen molar-refractivity contribution >= 4 is 12.4 Å². The number of hydrogen-bond donors (Lipinski definition) is 1. The molecular formula is C10H22ClNO4. The lowest BCUT2D eigenvalue weighted by Crippen LogP contribution is -2.24. The first-order chi connectivity index (χ1) is 7.50. The second kappa shape index (κ2) is 13.2. The molecule has 1 rings (SSSR count). The van der Waals surface area contributed by atoms with Gasteiger partial charge in [0, 0.05) is 13.1 Å². The largest absolute Gasteiger partial charge is 0.378 e. The van der Waals surface area contributed by atoms with Crippen molar-refractivity contribution in [2.24, 2.45) is 0 Å². The van der Waals surface area contributed by atoms with Gasteiger partial charge in [0.25, 0.3) is 0 Å². The average Bonchev–Trinajstić information content (AvgIpc) is 2.27. The van der Waals surface area contributed by atoms with E-state index >= 15 is 0 Å². The molecule has 16 heavy (non-hydrogen) atoms. The summed E-state index contributed by atoms with van der Waals surface area (Å²) >= 11 is 0. The lowest BCUT2D eigenvalue weighted by Gasteiger charge is -2.05. The minimum Gasteiger partial charge on any atom is -0.378 e. The summed E-state index contributed by atoms with van der Waals surface area (Å²) in [5, 5.41) is 3.22. The van der Waals surface area contributed by atoms with E-state index in [4.69, 9.17) is 18.9 Å². The molecule has 0 unspecified atom stereocenters. The third-order valence-electron chi connectivity index (χ3n) is 1.96. The maximum Gasteiger partial charge on any atom is 0.0701 e. The normalized spacial score (nSPS) is 22.5. The van der Waals surface area contributed by atoms with Crippen molar-refractivity contribution < 1.29 is 18.9 Å². The average molecular weight is 256 g/mol. The minimum atomic E-state index is 0. The van der Waals surface area contributed by atoms with E-state index in [1.165, 1.54) is 0 Å². The molecule has 0 radical (unpaired) electrons. The summed E-state index contributed by atoms with van der Waals surface area (Å²) < 4.78 is 21.3. The van der Waals surface area contributed by atoms with Crippen LogP contribution in [0.3, 0.4) is 0 Å². The molecule has 0 amide bonds. The van der Waals surface area contributed by atoms with Gasteiger partial charge in [-0.1, -0.05) is 0 Å². The Kier molecular flexibility index (Phi) is 13.2. The summed E-state index contributed by atoms with van der Waals surface area (Å²) in [5.74, 6) is 0. The van der Waals surface area contributed by atoms with E-state index in [1.807, 2.05) is 0 Å². The highest BCUT2D eigenvalue weighted by Gasteiger charge is 1.94. The zero-order chi connectivity index (χ0) is 10.6. The first kappa shape index (κ1) is 16.1. The third-order valence-corrected chi connectivity index (χ3v) is 1.96. The fourth-order valence-electron chi connectivity index (χ4n) is 1.18. The molecule has 0 aromatic rings. The molecule has 1 saturated heterocycles. The van der Waals surface area contributed by atoms with Crippen molar-refractivity contribution in [3.63, 3.8) is 0 Å². The van der Waals surface area contributed by atoms with E-state index in [-0.39, 0.29) is 12.4 Å². The van der Waals surface area contributed by atoms with Gasteiger partial charge in [-0.05, 0) is 0 Å². The van der Waals surface area contributed by atoms with Crippen LogP contribution in [0.15, 0.2) is 0 Å². The van der Waals surface area contributed by atoms with E-state index in [0.29, 0.717) is 39.6 Å². The SMILES string of the molecule is C1COCCOCCOCCOCCN1.Cl. The molecule has 0 aromatic carbocycles. The molecule has 5 nitrogen and oxygen atoms in total. The molecule has 1 heterocycles. The Morgan fingerprint density at radius 3 is 1.19 bits per heavy atom. The molecule has 6 heteroatoms. The van der Waals surface area contributed by atoms with Gasteiger partial charge >= 0.3 is 0 Å². The van der Waals surface area contributed by atoms with Gasteiger partial charge in [0.15, 0.2) is 0 Å². The van der Waals surface area contributed by atoms with E-state index in [9.17, 15) is 0 Å². The van der Waals surface area contributed by atoms with Crippen LogP contribution >= 0.6 is 12.4 Å². The first-order valence-corrected chi connectivity index (χ1v) is 5.52. The van der Waals surface area contributed by atoms with Gasteiger partial charge < -0.3 is 24.3 Å². The van der Waals surface area contributed by atoms with E-state index in [0.717, 1.165) is 26.3 Å². The van der Waals surface area contributed by atoms with Crippen molar-refractivity contribution in [1.29, 1.82) is 0 Å². The van der Waals surface area contributed by atoms with Crippen molar-refractivity contribution in [2.45, 2.75) is 0 Å². The summed E-state index contributed by atoms with van der Waals surface area (Å²) in [6.07, 6.45) is 0. The third kappa shape index (κ3) is 10.6. The van der Waals surface area contributed by atoms with Crippen LogP contribution in [0.4, 0.5) is 0 Å². The van der Waals surface area contributed by atoms with Crippen LogP contribution in [0, 0.1) is 0 Å². The van der Waals surface area contributed by atoms with Crippen molar-refractivity contribution in [2.75, 3.05) is 65.9 Å². The molecule has 0 spiro atoms. The molecule has 1 N–H and O–H groups in total. The number of halogens is 1. The van der Waals surface area contributed by atoms with E-state index in [2.05, 4.69) is 5.32 Å². The van der Waals surface area contributed by atoms with Crippen LogP contribution in [0.5, 0.6) is 0 Å². The first-order valence-electron chi connectivity index (χ1n) is 5.52. The van der Waals surface area contributed by atoms with Gasteiger partial charge in [-0.25, -0.2) is 0 Å². The molecule has 0 saturated carbocycles. The lowest BCUT2D eigenvalue weighted by molar-refractivity contribution is 0.00206. The van der Waals surface area contributed by atoms with Gasteiger partial charge in [-0.2, -0.15) is 0 Å². The quantitative estimate of drug-likeness (QED) is 0.664. The Bertz CT molecular complexity index is 81.4. The van der Waals surface area contributed by atoms with Crippen LogP contribution in [-0.4, -0.2) is 65.9 Å². The Morgan fingerprint density at radius 2 is 0.812 bits per heavy atom. The van der Waals surface area contributed by atoms with E-state index < -0.39 is 0 Å². The molecule has 0 aromatic heterocycles. The highest BCUT2D eigenvalue weighted by Crippen LogP contribution is 1.83. The Hall–Kier alpha value is 0.0900. The summed E-state index contributed by atoms with van der Waals surface area (Å²) in [7, 11) is 0. The van der Waals surface area contributed by atoms with E-state index in [1.54, 1.807) is 0 Å². The Morgan fingerprint density at radius 1 is 0.500 bits per heavy atom. The highest BCUT2D eigenvalue weighted by atomic mass is 35.5. The second-order valence-electron chi connectivity index (χ2n) is 3.20. The monoisotopic (exact) mass is 255 g/mol. The standard InChI is InChI=1S/C10H21NO4.ClH/c1-3-12-5-7-14-9-10-15-8-6-13-4-2-11-1;/h11H,1-10H2;1H. The molecule has 1 fully saturated rings. The van der Waals surface area contributed by atoms with Crippen molar-refractivity contribution in [3.05, 3.63) is 0 Å². The molecule has 98 valence electrons. The number of nitrogens with one attached hydrogen (secondary N) is 1. The van der Waals surface area contributed by atoms with Crippen LogP contribution in [0.2, 0.25) is 0 Å². The fourth-order valence-corrected chi connectivity index (χ4v) is 1.18. The molecule has 0 aliphatic carbocycles. The van der Waals surface area contributed by atoms with Gasteiger partial charge in [0.05, 0.1) is 52.9 Å². The lowest BCUT2D eigenvalue weighted by atomic mass is 10.6. The Labute approximate surface area is 103 Å². The minimum absolute atomic E-state index is 0. The molecule has 1 aliphatic rings.